The molecule has 0 bridgehead atoms. The molecule has 0 aliphatic carbocycles. The zero-order chi connectivity index (χ0) is 97.2. The van der Waals surface area contributed by atoms with Gasteiger partial charge in [0.15, 0.2) is 0 Å². The average molecular weight is 2150 g/mol. The van der Waals surface area contributed by atoms with Gasteiger partial charge in [-0.3, -0.25) is 0 Å². The van der Waals surface area contributed by atoms with E-state index in [2.05, 4.69) is 288 Å². The quantitative estimate of drug-likeness (QED) is 0.0982. The average Bonchev–Trinajstić information content (AvgIpc) is 1.03. The minimum absolute atomic E-state index is 0.0309. The van der Waals surface area contributed by atoms with Crippen LogP contribution in [-0.2, 0) is 64.6 Å². The summed E-state index contributed by atoms with van der Waals surface area (Å²) in [7, 11) is 0. The fraction of sp³-hybridized carbons (Fsp3) is 0.242. The van der Waals surface area contributed by atoms with Gasteiger partial charge in [0.25, 0.3) is 0 Å². The molecule has 0 atom stereocenters. The van der Waals surface area contributed by atoms with Crippen molar-refractivity contribution in [2.45, 2.75) is 187 Å². The standard InChI is InChI=1S/C21H16O.C16H12O.2C12H17N.C10H8O.2C10H12.C6H3Cl2N.3C6H8N.C5H10.2Mo.W/c1-14-6-2-7-15-8-3-11-17(20(14)15)18-12-4-9-16-10-5-13-19(22)21(16)18;17-15-11-5-9-13-8-4-10-14(16(13)15)12-6-2-1-3-7-12;2*1-8(2)10-6-5-7-11(9(3)4)12(10)13;11-10-7-3-5-8-4-1-2-6-9(8)10;2*1-10(2,3)9-7-5-4-6-8-9;7-4-2-1-3-5(8)6(4)9;3*1-5-3-4-6(2)7-5;1-5(2,3)4;;;/h2-13,22H,1H3;1-11,17H;2*5-9H,1-4H3;1-7,11H;2*1,4-8H,2-3H3;1-3H;3*3-4H,1-2H3;1H,2-4H3;;;/q;;;;;;;;3*-1;;;;. The van der Waals surface area contributed by atoms with Crippen molar-refractivity contribution in [3.05, 3.63) is 417 Å². The number of aryl methyl sites for hydroxylation is 7. The summed E-state index contributed by atoms with van der Waals surface area (Å²) in [4.78, 5) is 12.3. The van der Waals surface area contributed by atoms with Crippen molar-refractivity contribution in [2.24, 2.45) is 15.9 Å². The van der Waals surface area contributed by atoms with Crippen molar-refractivity contribution >= 4 is 96.6 Å². The van der Waals surface area contributed by atoms with Gasteiger partial charge in [0, 0.05) is 16.2 Å². The van der Waals surface area contributed by atoms with Crippen molar-refractivity contribution in [3.63, 3.8) is 0 Å². The Bertz CT molecular complexity index is 6540. The monoisotopic (exact) mass is 2150 g/mol. The van der Waals surface area contributed by atoms with Gasteiger partial charge in [-0.15, -0.1) is 0 Å². The van der Waals surface area contributed by atoms with E-state index in [1.807, 2.05) is 211 Å². The predicted molar refractivity (Wildman–Crippen MR) is 566 cm³/mol. The number of aromatic hydroxyl groups is 3. The zero-order valence-electron chi connectivity index (χ0n) is 81.8. The van der Waals surface area contributed by atoms with Crippen LogP contribution in [0.5, 0.6) is 17.2 Å². The summed E-state index contributed by atoms with van der Waals surface area (Å²) in [6.07, 6.45) is 0. The van der Waals surface area contributed by atoms with Gasteiger partial charge in [-0.25, -0.2) is 0 Å². The first-order valence-electron chi connectivity index (χ1n) is 45.7. The molecule has 3 aromatic heterocycles. The van der Waals surface area contributed by atoms with Gasteiger partial charge in [-0.05, 0) is 79.9 Å². The molecule has 17 rings (SSSR count). The van der Waals surface area contributed by atoms with E-state index in [4.69, 9.17) is 30.2 Å². The van der Waals surface area contributed by atoms with Gasteiger partial charge in [-0.2, -0.15) is 34.2 Å². The summed E-state index contributed by atoms with van der Waals surface area (Å²) >= 11 is 10.3. The Morgan fingerprint density at radius 2 is 0.619 bits per heavy atom. The van der Waals surface area contributed by atoms with E-state index < -0.39 is 53.8 Å². The van der Waals surface area contributed by atoms with Crippen LogP contribution in [0.3, 0.4) is 0 Å². The molecule has 17 aromatic rings. The van der Waals surface area contributed by atoms with E-state index in [1.165, 1.54) is 66.7 Å². The van der Waals surface area contributed by atoms with Crippen LogP contribution in [0, 0.1) is 53.9 Å². The Morgan fingerprint density at radius 1 is 0.306 bits per heavy atom. The predicted octanol–water partition coefficient (Wildman–Crippen LogP) is 34.2. The molecule has 0 amide bonds. The summed E-state index contributed by atoms with van der Waals surface area (Å²) < 4.78 is 22.0. The summed E-state index contributed by atoms with van der Waals surface area (Å²) in [6, 6.07) is 112. The fourth-order valence-corrected chi connectivity index (χ4v) is 22.0. The van der Waals surface area contributed by atoms with E-state index in [0.29, 0.717) is 51.0 Å². The molecule has 0 saturated heterocycles. The van der Waals surface area contributed by atoms with E-state index in [9.17, 15) is 15.3 Å². The van der Waals surface area contributed by atoms with Crippen LogP contribution in [-0.4, -0.2) is 28.5 Å². The Kier molecular flexibility index (Phi) is 41.6. The maximum absolute atomic E-state index is 10.4. The third-order valence-electron chi connectivity index (χ3n) is 22.0. The zero-order valence-corrected chi connectivity index (χ0v) is 90.3. The van der Waals surface area contributed by atoms with Crippen LogP contribution in [0.15, 0.2) is 344 Å². The van der Waals surface area contributed by atoms with Crippen LogP contribution in [0.25, 0.3) is 65.3 Å². The largest absolute Gasteiger partial charge is 0.665 e. The van der Waals surface area contributed by atoms with E-state index >= 15 is 0 Å². The maximum Gasteiger partial charge on any atom is 0.124 e. The Labute approximate surface area is 832 Å². The number of phenols is 3. The first-order chi connectivity index (χ1) is 63.9. The van der Waals surface area contributed by atoms with Gasteiger partial charge in [-0.1, -0.05) is 242 Å². The number of hydrogen-bond donors (Lipinski definition) is 3. The van der Waals surface area contributed by atoms with E-state index in [1.54, 1.807) is 18.2 Å². The molecule has 14 aromatic carbocycles. The number of hydrogen-bond acceptors (Lipinski definition) is 6. The number of fused-ring (bicyclic) bond motifs is 4. The SMILES string of the molecule is CC(C)([CH]=[W]=[N]c1c(Cl)cccc1Cl)c1ccccc1.CC(C)c1cccc(C(C)C)c1[N]=[Mo]=[CH]C(C)(C)C.CC(C)c1cccc(C(C)C)c1[N]=[Mo]=[CH]C(C)(C)c1ccccc1.Cc1ccc(C)[n-]1.Cc1ccc(C)[n-]1.Cc1ccc(C)[n-]1.Cc1cccc2cccc(-c3cccc4cccc(O)c34)c12.Oc1cccc2cccc(-c3ccccc3)c12.Oc1cccc2ccccc12. The molecule has 0 radical (unpaired) electrons. The topological polar surface area (TPSA) is 140 Å². The molecule has 0 unspecified atom stereocenters. The molecule has 0 aliphatic heterocycles. The number of benzene rings is 14. The van der Waals surface area contributed by atoms with Crippen LogP contribution >= 0.6 is 23.2 Å². The molecule has 0 fully saturated rings. The number of phenolic OH excluding ortho intramolecular Hbond substituents is 3. The molecule has 3 heterocycles. The molecular formula is C120H131Cl2Mo2N6O3W-3. The molecule has 9 nitrogen and oxygen atoms in total. The van der Waals surface area contributed by atoms with Gasteiger partial charge < -0.3 is 30.3 Å². The van der Waals surface area contributed by atoms with Gasteiger partial charge in [0.2, 0.25) is 0 Å². The molecule has 0 spiro atoms. The summed E-state index contributed by atoms with van der Waals surface area (Å²) in [5, 5.41) is 39.4. The van der Waals surface area contributed by atoms with Crippen molar-refractivity contribution in [1.82, 2.24) is 15.0 Å². The fourth-order valence-electron chi connectivity index (χ4n) is 14.8. The minimum Gasteiger partial charge on any atom is -0.665 e. The normalized spacial score (nSPS) is 10.9. The van der Waals surface area contributed by atoms with Crippen molar-refractivity contribution in [3.8, 4) is 39.5 Å². The van der Waals surface area contributed by atoms with E-state index in [0.717, 1.165) is 88.9 Å². The van der Waals surface area contributed by atoms with Crippen molar-refractivity contribution in [1.29, 1.82) is 0 Å². The first-order valence-corrected chi connectivity index (χ1v) is 53.6. The number of rotatable bonds is 13. The molecule has 0 saturated carbocycles. The maximum atomic E-state index is 10.4. The second-order valence-electron chi connectivity index (χ2n) is 36.6. The summed E-state index contributed by atoms with van der Waals surface area (Å²) in [5.74, 6) is 3.12. The Morgan fingerprint density at radius 3 is 1.01 bits per heavy atom. The smallest absolute Gasteiger partial charge is 0.124 e. The molecule has 3 N–H and O–H groups in total. The Balaban J connectivity index is 0.000000174. The number of halogens is 2. The number of aromatic nitrogens is 3. The molecule has 694 valence electrons. The van der Waals surface area contributed by atoms with Gasteiger partial charge >= 0.3 is 420 Å². The van der Waals surface area contributed by atoms with Crippen LogP contribution < -0.4 is 15.0 Å². The second kappa shape index (κ2) is 52.2. The van der Waals surface area contributed by atoms with Gasteiger partial charge in [0.05, 0.1) is 0 Å². The first kappa shape index (κ1) is 107. The van der Waals surface area contributed by atoms with Crippen LogP contribution in [0.1, 0.15) is 201 Å². The summed E-state index contributed by atoms with van der Waals surface area (Å²) in [6.45, 7) is 47.9. The third-order valence-corrected chi connectivity index (χ3v) is 31.2. The van der Waals surface area contributed by atoms with Crippen LogP contribution in [0.2, 0.25) is 10.0 Å². The molecule has 14 heteroatoms. The van der Waals surface area contributed by atoms with Crippen LogP contribution in [0.4, 0.5) is 17.1 Å². The molecular weight excluding hydrogens is 2020 g/mol. The van der Waals surface area contributed by atoms with E-state index in [-0.39, 0.29) is 16.2 Å². The minimum atomic E-state index is -1.01. The second-order valence-corrected chi connectivity index (χ2v) is 42.8. The number of nitrogens with zero attached hydrogens (tertiary/aromatic N) is 6. The summed E-state index contributed by atoms with van der Waals surface area (Å²) in [5.41, 5.74) is 24.3. The van der Waals surface area contributed by atoms with Crippen molar-refractivity contribution < 1.29 is 69.1 Å². The third kappa shape index (κ3) is 32.4. The van der Waals surface area contributed by atoms with Crippen molar-refractivity contribution in [2.75, 3.05) is 0 Å². The van der Waals surface area contributed by atoms with Gasteiger partial charge in [0.1, 0.15) is 17.2 Å². The molecule has 134 heavy (non-hydrogen) atoms. The molecule has 0 aliphatic rings. The Hall–Kier alpha value is -11.0.